The van der Waals surface area contributed by atoms with Gasteiger partial charge in [0.2, 0.25) is 5.91 Å². The smallest absolute Gasteiger partial charge is 0.324 e. The molecule has 1 aromatic heterocycles. The summed E-state index contributed by atoms with van der Waals surface area (Å²) in [5.41, 5.74) is 3.47. The first-order valence-electron chi connectivity index (χ1n) is 9.42. The molecular formula is C22H23ClN3O4P. The van der Waals surface area contributed by atoms with Gasteiger partial charge in [-0.05, 0) is 49.8 Å². The highest BCUT2D eigenvalue weighted by atomic mass is 35.5. The van der Waals surface area contributed by atoms with E-state index in [1.165, 1.54) is 19.9 Å². The topological polar surface area (TPSA) is 104 Å². The number of aromatic nitrogens is 2. The molecule has 2 aromatic carbocycles. The number of carbonyl (C=O) groups excluding carboxylic acids is 1. The second kappa shape index (κ2) is 8.81. The summed E-state index contributed by atoms with van der Waals surface area (Å²) in [5, 5.41) is 6.30. The van der Waals surface area contributed by atoms with Crippen LogP contribution in [-0.4, -0.2) is 25.5 Å². The van der Waals surface area contributed by atoms with Crippen molar-refractivity contribution in [2.24, 2.45) is 7.05 Å². The lowest BCUT2D eigenvalue weighted by molar-refractivity contribution is -0.111. The fourth-order valence-electron chi connectivity index (χ4n) is 3.04. The van der Waals surface area contributed by atoms with E-state index in [1.807, 2.05) is 25.2 Å². The molecular weight excluding hydrogens is 437 g/mol. The summed E-state index contributed by atoms with van der Waals surface area (Å²) < 4.78 is 13.4. The maximum atomic E-state index is 12.4. The number of halogens is 1. The van der Waals surface area contributed by atoms with Crippen molar-refractivity contribution in [3.63, 3.8) is 0 Å². The average Bonchev–Trinajstić information content (AvgIpc) is 3.06. The molecule has 7 nitrogen and oxygen atoms in total. The van der Waals surface area contributed by atoms with Crippen molar-refractivity contribution in [3.8, 4) is 11.3 Å². The molecule has 3 N–H and O–H groups in total. The van der Waals surface area contributed by atoms with Gasteiger partial charge in [0.15, 0.2) is 0 Å². The number of anilines is 1. The van der Waals surface area contributed by atoms with Crippen LogP contribution >= 0.6 is 19.2 Å². The van der Waals surface area contributed by atoms with Gasteiger partial charge in [-0.2, -0.15) is 5.10 Å². The first-order chi connectivity index (χ1) is 14.5. The zero-order valence-corrected chi connectivity index (χ0v) is 18.9. The third-order valence-corrected chi connectivity index (χ3v) is 7.02. The molecule has 3 rings (SSSR count). The van der Waals surface area contributed by atoms with Crippen LogP contribution in [0.2, 0.25) is 5.02 Å². The highest BCUT2D eigenvalue weighted by molar-refractivity contribution is 7.53. The fourth-order valence-corrected chi connectivity index (χ4v) is 3.72. The Balaban J connectivity index is 1.75. The number of rotatable bonds is 6. The molecule has 0 saturated heterocycles. The van der Waals surface area contributed by atoms with Gasteiger partial charge < -0.3 is 15.1 Å². The van der Waals surface area contributed by atoms with Crippen molar-refractivity contribution >= 4 is 36.9 Å². The Morgan fingerprint density at radius 2 is 1.87 bits per heavy atom. The van der Waals surface area contributed by atoms with Gasteiger partial charge in [0.1, 0.15) is 0 Å². The molecule has 1 heterocycles. The van der Waals surface area contributed by atoms with Crippen LogP contribution in [0.15, 0.2) is 60.8 Å². The molecule has 9 heteroatoms. The number of benzene rings is 2. The van der Waals surface area contributed by atoms with E-state index in [-0.39, 0.29) is 5.91 Å². The van der Waals surface area contributed by atoms with Gasteiger partial charge in [0, 0.05) is 35.0 Å². The average molecular weight is 460 g/mol. The molecule has 0 aliphatic rings. The number of amides is 1. The first-order valence-corrected chi connectivity index (χ1v) is 11.4. The lowest BCUT2D eigenvalue weighted by Crippen LogP contribution is -2.17. The zero-order valence-electron chi connectivity index (χ0n) is 17.3. The fraction of sp³-hybridized carbons (Fsp3) is 0.182. The van der Waals surface area contributed by atoms with Crippen molar-refractivity contribution in [1.82, 2.24) is 9.78 Å². The highest BCUT2D eigenvalue weighted by Crippen LogP contribution is 2.56. The Bertz CT molecular complexity index is 1180. The van der Waals surface area contributed by atoms with Crippen molar-refractivity contribution < 1.29 is 19.1 Å². The summed E-state index contributed by atoms with van der Waals surface area (Å²) in [5.74, 6) is -0.345. The summed E-state index contributed by atoms with van der Waals surface area (Å²) in [6.45, 7) is 2.96. The van der Waals surface area contributed by atoms with Gasteiger partial charge in [-0.3, -0.25) is 14.0 Å². The van der Waals surface area contributed by atoms with Crippen LogP contribution in [0.1, 0.15) is 25.0 Å². The van der Waals surface area contributed by atoms with Gasteiger partial charge in [0.05, 0.1) is 17.0 Å². The summed E-state index contributed by atoms with van der Waals surface area (Å²) >= 11 is 6.09. The Labute approximate surface area is 185 Å². The van der Waals surface area contributed by atoms with E-state index >= 15 is 0 Å². The molecule has 162 valence electrons. The van der Waals surface area contributed by atoms with E-state index in [0.717, 1.165) is 16.8 Å². The number of aryl methyl sites for hydroxylation is 1. The standard InChI is InChI=1S/C22H23ClN3O4P/c1-22(2,31(28,29)30)17-8-10-19(11-9-17)25-20(27)12-7-16-14-24-26(3)21(16)15-5-4-6-18(23)13-15/h4-14H,1-3H3,(H,25,27)(H2,28,29,30)/b12-7+. The predicted molar refractivity (Wildman–Crippen MR) is 123 cm³/mol. The molecule has 0 fully saturated rings. The van der Waals surface area contributed by atoms with Gasteiger partial charge in [0.25, 0.3) is 0 Å². The molecule has 0 bridgehead atoms. The maximum Gasteiger partial charge on any atom is 0.335 e. The summed E-state index contributed by atoms with van der Waals surface area (Å²) in [6.07, 6.45) is 4.74. The minimum absolute atomic E-state index is 0.345. The molecule has 0 saturated carbocycles. The number of nitrogens with one attached hydrogen (secondary N) is 1. The molecule has 0 aliphatic heterocycles. The second-order valence-electron chi connectivity index (χ2n) is 7.59. The van der Waals surface area contributed by atoms with Crippen molar-refractivity contribution in [1.29, 1.82) is 0 Å². The number of hydrogen-bond acceptors (Lipinski definition) is 3. The van der Waals surface area contributed by atoms with Crippen LogP contribution in [0.25, 0.3) is 17.3 Å². The van der Waals surface area contributed by atoms with E-state index in [9.17, 15) is 19.1 Å². The quantitative estimate of drug-likeness (QED) is 0.362. The van der Waals surface area contributed by atoms with Crippen molar-refractivity contribution in [2.45, 2.75) is 19.0 Å². The molecule has 0 unspecified atom stereocenters. The molecule has 31 heavy (non-hydrogen) atoms. The van der Waals surface area contributed by atoms with E-state index in [1.54, 1.807) is 47.3 Å². The van der Waals surface area contributed by atoms with E-state index < -0.39 is 12.8 Å². The first kappa shape index (κ1) is 23.0. The summed E-state index contributed by atoms with van der Waals surface area (Å²) in [6, 6.07) is 13.8. The zero-order chi connectivity index (χ0) is 22.8. The van der Waals surface area contributed by atoms with Crippen LogP contribution in [-0.2, 0) is 21.6 Å². The Morgan fingerprint density at radius 1 is 1.19 bits per heavy atom. The summed E-state index contributed by atoms with van der Waals surface area (Å²) in [7, 11) is -2.51. The largest absolute Gasteiger partial charge is 0.335 e. The number of hydrogen-bond donors (Lipinski definition) is 3. The molecule has 1 amide bonds. The van der Waals surface area contributed by atoms with Gasteiger partial charge >= 0.3 is 7.60 Å². The maximum absolute atomic E-state index is 12.4. The van der Waals surface area contributed by atoms with Crippen LogP contribution in [0.3, 0.4) is 0 Å². The van der Waals surface area contributed by atoms with Crippen LogP contribution in [0.4, 0.5) is 5.69 Å². The Morgan fingerprint density at radius 3 is 2.48 bits per heavy atom. The monoisotopic (exact) mass is 459 g/mol. The summed E-state index contributed by atoms with van der Waals surface area (Å²) in [4.78, 5) is 31.4. The molecule has 3 aromatic rings. The van der Waals surface area contributed by atoms with E-state index in [4.69, 9.17) is 11.6 Å². The molecule has 0 atom stereocenters. The lowest BCUT2D eigenvalue weighted by atomic mass is 10.0. The van der Waals surface area contributed by atoms with E-state index in [2.05, 4.69) is 10.4 Å². The van der Waals surface area contributed by atoms with E-state index in [0.29, 0.717) is 16.3 Å². The third-order valence-electron chi connectivity index (χ3n) is 5.07. The normalized spacial score (nSPS) is 12.3. The number of nitrogens with zero attached hydrogens (tertiary/aromatic N) is 2. The van der Waals surface area contributed by atoms with Crippen LogP contribution < -0.4 is 5.32 Å². The second-order valence-corrected chi connectivity index (χ2v) is 10.2. The lowest BCUT2D eigenvalue weighted by Gasteiger charge is -2.26. The van der Waals surface area contributed by atoms with Crippen molar-refractivity contribution in [3.05, 3.63) is 77.0 Å². The predicted octanol–water partition coefficient (Wildman–Crippen LogP) is 4.81. The molecule has 0 aliphatic carbocycles. The van der Waals surface area contributed by atoms with Gasteiger partial charge in [-0.1, -0.05) is 35.9 Å². The SMILES string of the molecule is Cn1ncc(/C=C/C(=O)Nc2ccc(C(C)(C)P(=O)(O)O)cc2)c1-c1cccc(Cl)c1. The minimum atomic E-state index is -4.32. The number of carbonyl (C=O) groups is 1. The van der Waals surface area contributed by atoms with Gasteiger partial charge in [-0.25, -0.2) is 0 Å². The Hall–Kier alpha value is -2.70. The minimum Gasteiger partial charge on any atom is -0.324 e. The Kier molecular flexibility index (Phi) is 6.53. The molecule has 0 spiro atoms. The highest BCUT2D eigenvalue weighted by Gasteiger charge is 2.39. The van der Waals surface area contributed by atoms with Crippen molar-refractivity contribution in [2.75, 3.05) is 5.32 Å². The van der Waals surface area contributed by atoms with Crippen LogP contribution in [0.5, 0.6) is 0 Å². The van der Waals surface area contributed by atoms with Crippen LogP contribution in [0, 0.1) is 0 Å². The van der Waals surface area contributed by atoms with Gasteiger partial charge in [-0.15, -0.1) is 0 Å². The molecule has 0 radical (unpaired) electrons. The third kappa shape index (κ3) is 5.14.